The van der Waals surface area contributed by atoms with Crippen molar-refractivity contribution >= 4 is 71.8 Å². The number of anilines is 3. The Labute approximate surface area is 337 Å². The highest BCUT2D eigenvalue weighted by molar-refractivity contribution is 7.92. The summed E-state index contributed by atoms with van der Waals surface area (Å²) < 4.78 is 54.0. The van der Waals surface area contributed by atoms with Crippen LogP contribution in [0, 0.1) is 12.3 Å². The Bertz CT molecular complexity index is 1780. The van der Waals surface area contributed by atoms with Crippen molar-refractivity contribution in [3.63, 3.8) is 0 Å². The number of likely N-dealkylation sites (N-methyl/N-ethyl adjacent to an activating group) is 1. The number of sulfonamides is 2. The summed E-state index contributed by atoms with van der Waals surface area (Å²) in [7, 11) is -6.96. The number of nitrogens with one attached hydrogen (secondary N) is 3. The van der Waals surface area contributed by atoms with Crippen LogP contribution in [0.15, 0.2) is 41.4 Å². The Morgan fingerprint density at radius 1 is 0.800 bits per heavy atom. The van der Waals surface area contributed by atoms with E-state index in [1.807, 2.05) is 24.8 Å². The Balaban J connectivity index is 2.04. The zero-order chi connectivity index (χ0) is 41.1. The maximum Gasteiger partial charge on any atom is 0.278 e. The number of rotatable bonds is 27. The van der Waals surface area contributed by atoms with Crippen molar-refractivity contribution in [2.24, 2.45) is 10.4 Å². The predicted octanol–water partition coefficient (Wildman–Crippen LogP) is 9.57. The summed E-state index contributed by atoms with van der Waals surface area (Å²) in [5.41, 5.74) is 1.05. The summed E-state index contributed by atoms with van der Waals surface area (Å²) in [5, 5.41) is 2.84. The molecule has 0 aliphatic carbocycles. The van der Waals surface area contributed by atoms with Crippen LogP contribution in [0.1, 0.15) is 130 Å². The molecule has 3 N–H and O–H groups in total. The summed E-state index contributed by atoms with van der Waals surface area (Å²) in [6, 6.07) is 9.82. The first-order chi connectivity index (χ1) is 25.9. The summed E-state index contributed by atoms with van der Waals surface area (Å²) in [6.07, 6.45) is 17.6. The van der Waals surface area contributed by atoms with Crippen LogP contribution in [0.4, 0.5) is 22.7 Å². The summed E-state index contributed by atoms with van der Waals surface area (Å²) in [4.78, 5) is 33.8. The van der Waals surface area contributed by atoms with E-state index in [0.29, 0.717) is 30.8 Å². The monoisotopic (exact) mass is 823 g/mol. The molecule has 2 rings (SSSR count). The van der Waals surface area contributed by atoms with E-state index in [9.17, 15) is 26.4 Å². The van der Waals surface area contributed by atoms with Crippen LogP contribution in [0.3, 0.4) is 0 Å². The third-order valence-corrected chi connectivity index (χ3v) is 11.7. The number of carbonyl (C=O) groups excluding carboxylic acids is 2. The molecular formula is C41H66ClN5O6S2. The quantitative estimate of drug-likeness (QED) is 0.0461. The van der Waals surface area contributed by atoms with Crippen LogP contribution in [0.2, 0.25) is 5.02 Å². The first-order valence-corrected chi connectivity index (χ1v) is 23.8. The van der Waals surface area contributed by atoms with Gasteiger partial charge in [0.15, 0.2) is 11.5 Å². The molecule has 0 fully saturated rings. The molecule has 1 amide bonds. The molecule has 310 valence electrons. The predicted molar refractivity (Wildman–Crippen MR) is 231 cm³/mol. The first kappa shape index (κ1) is 48.1. The Hall–Kier alpha value is -3.00. The lowest BCUT2D eigenvalue weighted by Crippen LogP contribution is -2.37. The minimum absolute atomic E-state index is 0.0159. The number of hydrogen-bond donors (Lipinski definition) is 3. The summed E-state index contributed by atoms with van der Waals surface area (Å²) in [6.45, 7) is 12.4. The molecule has 0 aromatic heterocycles. The fraction of sp³-hybridized carbons (Fsp3) is 0.634. The molecule has 2 aromatic carbocycles. The third kappa shape index (κ3) is 19.1. The molecule has 0 saturated heterocycles. The second kappa shape index (κ2) is 23.9. The molecule has 55 heavy (non-hydrogen) atoms. The van der Waals surface area contributed by atoms with Crippen LogP contribution in [-0.2, 0) is 29.6 Å². The molecule has 0 saturated carbocycles. The molecule has 0 aliphatic heterocycles. The fourth-order valence-corrected chi connectivity index (χ4v) is 7.86. The Morgan fingerprint density at radius 2 is 1.36 bits per heavy atom. The minimum atomic E-state index is -3.64. The number of amides is 1. The third-order valence-electron chi connectivity index (χ3n) is 9.27. The van der Waals surface area contributed by atoms with Crippen molar-refractivity contribution < 1.29 is 26.4 Å². The average molecular weight is 825 g/mol. The fourth-order valence-electron chi connectivity index (χ4n) is 6.06. The molecule has 0 heterocycles. The normalized spacial score (nSPS) is 12.5. The molecule has 2 aromatic rings. The lowest BCUT2D eigenvalue weighted by atomic mass is 9.87. The zero-order valence-electron chi connectivity index (χ0n) is 34.2. The van der Waals surface area contributed by atoms with E-state index in [2.05, 4.69) is 26.7 Å². The van der Waals surface area contributed by atoms with Gasteiger partial charge in [-0.05, 0) is 62.2 Å². The van der Waals surface area contributed by atoms with Crippen molar-refractivity contribution in [1.82, 2.24) is 4.72 Å². The lowest BCUT2D eigenvalue weighted by Gasteiger charge is -2.24. The molecule has 0 bridgehead atoms. The second-order valence-corrected chi connectivity index (χ2v) is 19.5. The molecule has 11 nitrogen and oxygen atoms in total. The second-order valence-electron chi connectivity index (χ2n) is 15.4. The number of unbranched alkanes of at least 4 members (excludes halogenated alkanes) is 13. The summed E-state index contributed by atoms with van der Waals surface area (Å²) >= 11 is 6.44. The number of Topliss-reactive ketones (excluding diaryl/α,β-unsaturated/α-hetero) is 1. The molecule has 0 atom stereocenters. The van der Waals surface area contributed by atoms with Gasteiger partial charge in [-0.3, -0.25) is 14.3 Å². The zero-order valence-corrected chi connectivity index (χ0v) is 36.6. The van der Waals surface area contributed by atoms with Crippen molar-refractivity contribution in [2.75, 3.05) is 46.6 Å². The maximum absolute atomic E-state index is 13.7. The van der Waals surface area contributed by atoms with Crippen LogP contribution in [0.5, 0.6) is 0 Å². The minimum Gasteiger partial charge on any atom is -0.370 e. The van der Waals surface area contributed by atoms with Gasteiger partial charge in [0.05, 0.1) is 34.1 Å². The van der Waals surface area contributed by atoms with Crippen LogP contribution < -0.4 is 19.7 Å². The van der Waals surface area contributed by atoms with E-state index in [1.165, 1.54) is 82.4 Å². The largest absolute Gasteiger partial charge is 0.370 e. The van der Waals surface area contributed by atoms with Crippen molar-refractivity contribution in [1.29, 1.82) is 0 Å². The highest BCUT2D eigenvalue weighted by Gasteiger charge is 2.31. The number of hydrogen-bond acceptors (Lipinski definition) is 8. The van der Waals surface area contributed by atoms with Crippen LogP contribution in [-0.4, -0.2) is 65.9 Å². The standard InChI is InChI=1S/C41H66ClN5O6S2/c1-8-10-11-12-13-14-15-16-17-18-19-20-21-22-29-55(52,53)46-33-23-25-35(42)37(31-33)45-40(49)38(39(48)41(4,5)6)44-36-26-24-34(30-32(36)3)47(9-2)28-27-43-54(7,50)51/h23-26,30-31,43,46H,8-22,27-29H2,1-7H3,(H,45,49). The van der Waals surface area contributed by atoms with Gasteiger partial charge in [-0.15, -0.1) is 0 Å². The van der Waals surface area contributed by atoms with Crippen LogP contribution >= 0.6 is 11.6 Å². The van der Waals surface area contributed by atoms with E-state index < -0.39 is 37.2 Å². The Morgan fingerprint density at radius 3 is 1.87 bits per heavy atom. The highest BCUT2D eigenvalue weighted by atomic mass is 35.5. The molecule has 0 spiro atoms. The summed E-state index contributed by atoms with van der Waals surface area (Å²) in [5.74, 6) is -1.29. The number of benzene rings is 2. The first-order valence-electron chi connectivity index (χ1n) is 19.9. The van der Waals surface area contributed by atoms with Crippen molar-refractivity contribution in [3.8, 4) is 0 Å². The highest BCUT2D eigenvalue weighted by Crippen LogP contribution is 2.29. The number of ketones is 1. The maximum atomic E-state index is 13.7. The van der Waals surface area contributed by atoms with Gasteiger partial charge in [0, 0.05) is 30.7 Å². The number of aliphatic imine (C=N–C) groups is 1. The molecule has 0 radical (unpaired) electrons. The van der Waals surface area contributed by atoms with E-state index in [0.717, 1.165) is 31.2 Å². The molecule has 14 heteroatoms. The van der Waals surface area contributed by atoms with Gasteiger partial charge >= 0.3 is 0 Å². The van der Waals surface area contributed by atoms with Gasteiger partial charge in [0.2, 0.25) is 20.0 Å². The van der Waals surface area contributed by atoms with E-state index in [-0.39, 0.29) is 34.4 Å². The topological polar surface area (TPSA) is 154 Å². The van der Waals surface area contributed by atoms with Gasteiger partial charge < -0.3 is 10.2 Å². The van der Waals surface area contributed by atoms with E-state index >= 15 is 0 Å². The van der Waals surface area contributed by atoms with Gasteiger partial charge in [-0.25, -0.2) is 26.6 Å². The van der Waals surface area contributed by atoms with Crippen molar-refractivity contribution in [3.05, 3.63) is 47.0 Å². The SMILES string of the molecule is CCCCCCCCCCCCCCCCS(=O)(=O)Nc1ccc(Cl)c(NC(=O)C(=Nc2ccc(N(CC)CCNS(C)(=O)=O)cc2C)C(=O)C(C)(C)C)c1. The van der Waals surface area contributed by atoms with Crippen LogP contribution in [0.25, 0.3) is 0 Å². The number of aryl methyl sites for hydroxylation is 1. The number of nitrogens with zero attached hydrogens (tertiary/aromatic N) is 2. The lowest BCUT2D eigenvalue weighted by molar-refractivity contribution is -0.121. The molecular weight excluding hydrogens is 758 g/mol. The van der Waals surface area contributed by atoms with E-state index in [1.54, 1.807) is 32.9 Å². The Kier molecular flexibility index (Phi) is 20.9. The van der Waals surface area contributed by atoms with Gasteiger partial charge in [0.1, 0.15) is 0 Å². The van der Waals surface area contributed by atoms with Gasteiger partial charge in [-0.1, -0.05) is 123 Å². The van der Waals surface area contributed by atoms with Gasteiger partial charge in [0.25, 0.3) is 5.91 Å². The van der Waals surface area contributed by atoms with E-state index in [4.69, 9.17) is 11.6 Å². The van der Waals surface area contributed by atoms with Gasteiger partial charge in [-0.2, -0.15) is 0 Å². The molecule has 0 aliphatic rings. The number of halogens is 1. The smallest absolute Gasteiger partial charge is 0.278 e. The number of carbonyl (C=O) groups is 2. The van der Waals surface area contributed by atoms with Crippen molar-refractivity contribution in [2.45, 2.75) is 131 Å². The molecule has 0 unspecified atom stereocenters. The average Bonchev–Trinajstić information content (AvgIpc) is 3.10.